The average Bonchev–Trinajstić information content (AvgIpc) is 2.72. The van der Waals surface area contributed by atoms with Crippen LogP contribution >= 0.6 is 11.3 Å². The highest BCUT2D eigenvalue weighted by Crippen LogP contribution is 2.22. The maximum atomic E-state index is 5.76. The molecule has 3 heteroatoms. The quantitative estimate of drug-likeness (QED) is 0.859. The third-order valence-electron chi connectivity index (χ3n) is 2.79. The monoisotopic (exact) mass is 261 g/mol. The lowest BCUT2D eigenvalue weighted by Gasteiger charge is -2.03. The van der Waals surface area contributed by atoms with E-state index in [-0.39, 0.29) is 0 Å². The summed E-state index contributed by atoms with van der Waals surface area (Å²) in [7, 11) is 1.97. The molecule has 2 nitrogen and oxygen atoms in total. The van der Waals surface area contributed by atoms with E-state index in [0.717, 1.165) is 6.54 Å². The average molecular weight is 261 g/mol. The molecule has 1 N–H and O–H groups in total. The van der Waals surface area contributed by atoms with Crippen LogP contribution in [0.5, 0.6) is 0 Å². The number of ether oxygens (including phenoxy) is 1. The molecule has 2 aromatic rings. The Morgan fingerprint density at radius 2 is 1.94 bits per heavy atom. The van der Waals surface area contributed by atoms with Gasteiger partial charge in [0.25, 0.3) is 0 Å². The zero-order valence-electron chi connectivity index (χ0n) is 10.9. The van der Waals surface area contributed by atoms with Gasteiger partial charge in [0, 0.05) is 16.3 Å². The molecule has 0 radical (unpaired) electrons. The van der Waals surface area contributed by atoms with Gasteiger partial charge >= 0.3 is 0 Å². The van der Waals surface area contributed by atoms with E-state index in [9.17, 15) is 0 Å². The van der Waals surface area contributed by atoms with Crippen molar-refractivity contribution in [3.63, 3.8) is 0 Å². The predicted octanol–water partition coefficient (Wildman–Crippen LogP) is 3.49. The van der Waals surface area contributed by atoms with Crippen molar-refractivity contribution in [2.45, 2.75) is 26.7 Å². The Bertz CT molecular complexity index is 478. The third-order valence-corrected chi connectivity index (χ3v) is 3.88. The van der Waals surface area contributed by atoms with Crippen molar-refractivity contribution in [2.24, 2.45) is 0 Å². The van der Waals surface area contributed by atoms with Gasteiger partial charge in [-0.1, -0.05) is 30.3 Å². The first kappa shape index (κ1) is 13.3. The molecule has 0 saturated carbocycles. The Labute approximate surface area is 113 Å². The molecule has 2 rings (SSSR count). The maximum absolute atomic E-state index is 5.76. The molecule has 18 heavy (non-hydrogen) atoms. The largest absolute Gasteiger partial charge is 0.372 e. The molecule has 0 spiro atoms. The highest BCUT2D eigenvalue weighted by atomic mass is 32.1. The van der Waals surface area contributed by atoms with Gasteiger partial charge in [0.1, 0.15) is 0 Å². The van der Waals surface area contributed by atoms with Gasteiger partial charge in [-0.05, 0) is 31.2 Å². The summed E-state index contributed by atoms with van der Waals surface area (Å²) < 4.78 is 5.76. The lowest BCUT2D eigenvalue weighted by atomic mass is 10.2. The molecular formula is C15H19NOS. The summed E-state index contributed by atoms with van der Waals surface area (Å²) in [5.41, 5.74) is 2.53. The Morgan fingerprint density at radius 1 is 1.17 bits per heavy atom. The number of nitrogens with one attached hydrogen (secondary N) is 1. The van der Waals surface area contributed by atoms with E-state index in [2.05, 4.69) is 30.4 Å². The van der Waals surface area contributed by atoms with Crippen LogP contribution in [0.15, 0.2) is 36.4 Å². The molecule has 0 aliphatic heterocycles. The summed E-state index contributed by atoms with van der Waals surface area (Å²) in [6.45, 7) is 4.47. The summed E-state index contributed by atoms with van der Waals surface area (Å²) in [5.74, 6) is 0. The molecule has 0 bridgehead atoms. The van der Waals surface area contributed by atoms with Crippen molar-refractivity contribution in [3.8, 4) is 0 Å². The van der Waals surface area contributed by atoms with Crippen LogP contribution in [0.25, 0.3) is 0 Å². The van der Waals surface area contributed by atoms with Crippen LogP contribution in [0, 0.1) is 6.92 Å². The second-order valence-corrected chi connectivity index (χ2v) is 5.64. The topological polar surface area (TPSA) is 21.3 Å². The second kappa shape index (κ2) is 6.69. The molecule has 0 amide bonds. The van der Waals surface area contributed by atoms with E-state index in [4.69, 9.17) is 4.74 Å². The smallest absolute Gasteiger partial charge is 0.0732 e. The van der Waals surface area contributed by atoms with E-state index in [1.54, 1.807) is 0 Å². The summed E-state index contributed by atoms with van der Waals surface area (Å²) >= 11 is 1.84. The van der Waals surface area contributed by atoms with Crippen LogP contribution in [0.4, 0.5) is 0 Å². The summed E-state index contributed by atoms with van der Waals surface area (Å²) in [5, 5.41) is 3.18. The van der Waals surface area contributed by atoms with Gasteiger partial charge in [-0.2, -0.15) is 0 Å². The molecule has 0 unspecified atom stereocenters. The third kappa shape index (κ3) is 3.67. The highest BCUT2D eigenvalue weighted by molar-refractivity contribution is 7.12. The van der Waals surface area contributed by atoms with Gasteiger partial charge in [-0.3, -0.25) is 0 Å². The first-order valence-corrected chi connectivity index (χ1v) is 6.95. The van der Waals surface area contributed by atoms with E-state index in [1.807, 2.05) is 36.6 Å². The number of hydrogen-bond donors (Lipinski definition) is 1. The number of rotatable bonds is 6. The molecule has 96 valence electrons. The lowest BCUT2D eigenvalue weighted by molar-refractivity contribution is 0.107. The predicted molar refractivity (Wildman–Crippen MR) is 76.8 cm³/mol. The van der Waals surface area contributed by atoms with Crippen molar-refractivity contribution in [1.29, 1.82) is 0 Å². The standard InChI is InChI=1S/C15H19NOS/c1-12-14(8-15(18-12)9-16-2)11-17-10-13-6-4-3-5-7-13/h3-8,16H,9-11H2,1-2H3. The molecule has 1 aromatic carbocycles. The fourth-order valence-corrected chi connectivity index (χ4v) is 2.91. The van der Waals surface area contributed by atoms with Crippen LogP contribution in [0.2, 0.25) is 0 Å². The Morgan fingerprint density at radius 3 is 2.67 bits per heavy atom. The maximum Gasteiger partial charge on any atom is 0.0732 e. The van der Waals surface area contributed by atoms with Gasteiger partial charge in [-0.15, -0.1) is 11.3 Å². The van der Waals surface area contributed by atoms with Crippen molar-refractivity contribution in [3.05, 3.63) is 57.3 Å². The van der Waals surface area contributed by atoms with Crippen molar-refractivity contribution >= 4 is 11.3 Å². The normalized spacial score (nSPS) is 10.8. The van der Waals surface area contributed by atoms with Gasteiger partial charge in [-0.25, -0.2) is 0 Å². The molecule has 0 atom stereocenters. The van der Waals surface area contributed by atoms with Gasteiger partial charge in [0.05, 0.1) is 13.2 Å². The van der Waals surface area contributed by atoms with Crippen LogP contribution < -0.4 is 5.32 Å². The number of hydrogen-bond acceptors (Lipinski definition) is 3. The minimum Gasteiger partial charge on any atom is -0.372 e. The van der Waals surface area contributed by atoms with E-state index >= 15 is 0 Å². The van der Waals surface area contributed by atoms with Crippen LogP contribution in [-0.2, 0) is 24.5 Å². The molecule has 0 aliphatic rings. The Hall–Kier alpha value is -1.16. The van der Waals surface area contributed by atoms with E-state index in [1.165, 1.54) is 20.9 Å². The number of benzene rings is 1. The number of thiophene rings is 1. The van der Waals surface area contributed by atoms with Gasteiger partial charge in [0.2, 0.25) is 0 Å². The van der Waals surface area contributed by atoms with Gasteiger partial charge in [0.15, 0.2) is 0 Å². The molecule has 0 aliphatic carbocycles. The van der Waals surface area contributed by atoms with Crippen LogP contribution in [0.1, 0.15) is 20.9 Å². The van der Waals surface area contributed by atoms with Crippen LogP contribution in [0.3, 0.4) is 0 Å². The number of aryl methyl sites for hydroxylation is 1. The van der Waals surface area contributed by atoms with Crippen molar-refractivity contribution < 1.29 is 4.74 Å². The zero-order chi connectivity index (χ0) is 12.8. The highest BCUT2D eigenvalue weighted by Gasteiger charge is 2.05. The van der Waals surface area contributed by atoms with Crippen LogP contribution in [-0.4, -0.2) is 7.05 Å². The minimum absolute atomic E-state index is 0.678. The molecule has 1 aromatic heterocycles. The molecule has 0 fully saturated rings. The molecule has 0 saturated heterocycles. The fraction of sp³-hybridized carbons (Fsp3) is 0.333. The van der Waals surface area contributed by atoms with Gasteiger partial charge < -0.3 is 10.1 Å². The van der Waals surface area contributed by atoms with Crippen molar-refractivity contribution in [1.82, 2.24) is 5.32 Å². The Kier molecular flexibility index (Phi) is 4.93. The van der Waals surface area contributed by atoms with Crippen molar-refractivity contribution in [2.75, 3.05) is 7.05 Å². The van der Waals surface area contributed by atoms with E-state index < -0.39 is 0 Å². The fourth-order valence-electron chi connectivity index (χ4n) is 1.85. The van der Waals surface area contributed by atoms with E-state index in [0.29, 0.717) is 13.2 Å². The molecular weight excluding hydrogens is 242 g/mol. The summed E-state index contributed by atoms with van der Waals surface area (Å²) in [6, 6.07) is 12.5. The lowest BCUT2D eigenvalue weighted by Crippen LogP contribution is -2.02. The molecule has 1 heterocycles. The summed E-state index contributed by atoms with van der Waals surface area (Å²) in [4.78, 5) is 2.72. The first-order chi connectivity index (χ1) is 8.79. The second-order valence-electron chi connectivity index (χ2n) is 4.30. The zero-order valence-corrected chi connectivity index (χ0v) is 11.7. The first-order valence-electron chi connectivity index (χ1n) is 6.14. The minimum atomic E-state index is 0.678. The summed E-state index contributed by atoms with van der Waals surface area (Å²) in [6.07, 6.45) is 0. The SMILES string of the molecule is CNCc1cc(COCc2ccccc2)c(C)s1. The Balaban J connectivity index is 1.86.